The zero-order chi connectivity index (χ0) is 23.2. The van der Waals surface area contributed by atoms with Gasteiger partial charge in [0.05, 0.1) is 31.6 Å². The number of halogens is 1. The Balaban J connectivity index is 2.06. The van der Waals surface area contributed by atoms with Gasteiger partial charge >= 0.3 is 0 Å². The highest BCUT2D eigenvalue weighted by Gasteiger charge is 2.32. The Bertz CT molecular complexity index is 1240. The molecule has 2 aromatic heterocycles. The molecule has 0 N–H and O–H groups in total. The summed E-state index contributed by atoms with van der Waals surface area (Å²) in [6, 6.07) is 3.58. The first-order valence-electron chi connectivity index (χ1n) is 10.4. The first-order valence-corrected chi connectivity index (χ1v) is 12.1. The smallest absolute Gasteiger partial charge is 0.262 e. The number of fused-ring (bicyclic) bond motifs is 3. The maximum Gasteiger partial charge on any atom is 0.262 e. The molecule has 0 radical (unpaired) electrons. The lowest BCUT2D eigenvalue weighted by molar-refractivity contribution is 0.0977. The Kier molecular flexibility index (Phi) is 6.31. The van der Waals surface area contributed by atoms with Crippen LogP contribution in [0.1, 0.15) is 46.8 Å². The van der Waals surface area contributed by atoms with Crippen LogP contribution in [0, 0.1) is 5.92 Å². The minimum atomic E-state index is -0.135. The Labute approximate surface area is 198 Å². The van der Waals surface area contributed by atoms with Crippen LogP contribution in [-0.2, 0) is 6.54 Å². The molecule has 3 aromatic rings. The van der Waals surface area contributed by atoms with Crippen LogP contribution in [0.5, 0.6) is 17.2 Å². The largest absolute Gasteiger partial charge is 0.493 e. The van der Waals surface area contributed by atoms with Gasteiger partial charge in [-0.2, -0.15) is 0 Å². The fourth-order valence-corrected chi connectivity index (χ4v) is 6.12. The highest BCUT2D eigenvalue weighted by Crippen LogP contribution is 2.45. The minimum Gasteiger partial charge on any atom is -0.493 e. The molecular weight excluding hydrogens is 496 g/mol. The molecule has 1 aliphatic rings. The number of aromatic nitrogens is 2. The van der Waals surface area contributed by atoms with Gasteiger partial charge in [0.1, 0.15) is 10.7 Å². The van der Waals surface area contributed by atoms with Gasteiger partial charge in [0.2, 0.25) is 5.75 Å². The Morgan fingerprint density at radius 3 is 2.38 bits per heavy atom. The molecule has 0 bridgehead atoms. The first-order chi connectivity index (χ1) is 15.3. The number of nitrogens with zero attached hydrogens (tertiary/aromatic N) is 2. The minimum absolute atomic E-state index is 0.0297. The molecule has 0 saturated carbocycles. The van der Waals surface area contributed by atoms with Crippen LogP contribution < -0.4 is 19.8 Å². The van der Waals surface area contributed by atoms with Crippen molar-refractivity contribution >= 4 is 43.3 Å². The molecule has 2 heterocycles. The number of alkyl halides is 1. The summed E-state index contributed by atoms with van der Waals surface area (Å²) in [5.74, 6) is 2.22. The molecule has 9 heteroatoms. The lowest BCUT2D eigenvalue weighted by Gasteiger charge is -2.19. The van der Waals surface area contributed by atoms with E-state index in [2.05, 4.69) is 29.8 Å². The molecule has 1 unspecified atom stereocenters. The number of benzene rings is 1. The third-order valence-corrected chi connectivity index (χ3v) is 7.57. The van der Waals surface area contributed by atoms with Gasteiger partial charge in [0.15, 0.2) is 17.3 Å². The Hall–Kier alpha value is -2.39. The van der Waals surface area contributed by atoms with Gasteiger partial charge in [0.25, 0.3) is 5.56 Å². The number of hydrogen-bond donors (Lipinski definition) is 0. The van der Waals surface area contributed by atoms with Gasteiger partial charge in [-0.3, -0.25) is 14.2 Å². The Morgan fingerprint density at radius 2 is 1.81 bits per heavy atom. The number of thiophene rings is 1. The molecule has 0 amide bonds. The molecule has 0 saturated heterocycles. The third-order valence-electron chi connectivity index (χ3n) is 5.51. The monoisotopic (exact) mass is 520 g/mol. The fourth-order valence-electron chi connectivity index (χ4n) is 4.09. The average Bonchev–Trinajstić information content (AvgIpc) is 3.18. The summed E-state index contributed by atoms with van der Waals surface area (Å²) in [5.41, 5.74) is 1.32. The molecule has 32 heavy (non-hydrogen) atoms. The van der Waals surface area contributed by atoms with E-state index in [1.54, 1.807) is 38.0 Å². The molecule has 170 valence electrons. The van der Waals surface area contributed by atoms with E-state index in [-0.39, 0.29) is 22.1 Å². The summed E-state index contributed by atoms with van der Waals surface area (Å²) in [7, 11) is 4.64. The molecular formula is C23H25BrN2O5S. The molecule has 0 aliphatic heterocycles. The molecule has 1 aliphatic carbocycles. The second-order valence-corrected chi connectivity index (χ2v) is 10.2. The van der Waals surface area contributed by atoms with Crippen molar-refractivity contribution in [3.8, 4) is 28.6 Å². The van der Waals surface area contributed by atoms with Crippen LogP contribution in [-0.4, -0.2) is 36.7 Å². The number of rotatable bonds is 6. The summed E-state index contributed by atoms with van der Waals surface area (Å²) in [4.78, 5) is 32.4. The lowest BCUT2D eigenvalue weighted by Crippen LogP contribution is -2.26. The van der Waals surface area contributed by atoms with E-state index in [1.807, 2.05) is 0 Å². The van der Waals surface area contributed by atoms with Crippen LogP contribution in [0.15, 0.2) is 16.9 Å². The van der Waals surface area contributed by atoms with Gasteiger partial charge in [0, 0.05) is 28.9 Å². The second-order valence-electron chi connectivity index (χ2n) is 8.11. The van der Waals surface area contributed by atoms with Crippen molar-refractivity contribution in [2.24, 2.45) is 5.92 Å². The summed E-state index contributed by atoms with van der Waals surface area (Å²) >= 11 is 4.97. The predicted octanol–water partition coefficient (Wildman–Crippen LogP) is 5.22. The average molecular weight is 521 g/mol. The van der Waals surface area contributed by atoms with Gasteiger partial charge in [-0.15, -0.1) is 11.3 Å². The zero-order valence-corrected chi connectivity index (χ0v) is 21.1. The van der Waals surface area contributed by atoms with Crippen molar-refractivity contribution in [3.63, 3.8) is 0 Å². The van der Waals surface area contributed by atoms with Crippen LogP contribution in [0.4, 0.5) is 0 Å². The molecule has 1 aromatic carbocycles. The van der Waals surface area contributed by atoms with Crippen molar-refractivity contribution in [2.45, 2.75) is 38.1 Å². The van der Waals surface area contributed by atoms with Crippen molar-refractivity contribution in [1.82, 2.24) is 9.55 Å². The van der Waals surface area contributed by atoms with Gasteiger partial charge in [-0.05, 0) is 24.5 Å². The second kappa shape index (κ2) is 8.86. The molecule has 1 atom stereocenters. The van der Waals surface area contributed by atoms with Crippen LogP contribution in [0.25, 0.3) is 21.6 Å². The van der Waals surface area contributed by atoms with Crippen molar-refractivity contribution in [3.05, 3.63) is 32.9 Å². The number of hydrogen-bond acceptors (Lipinski definition) is 7. The van der Waals surface area contributed by atoms with Crippen molar-refractivity contribution < 1.29 is 19.0 Å². The van der Waals surface area contributed by atoms with E-state index in [4.69, 9.17) is 19.2 Å². The zero-order valence-electron chi connectivity index (χ0n) is 18.7. The van der Waals surface area contributed by atoms with Crippen molar-refractivity contribution in [2.75, 3.05) is 21.3 Å². The fraction of sp³-hybridized carbons (Fsp3) is 0.435. The number of Topliss-reactive ketones (excluding diaryl/α,β-unsaturated/α-hetero) is 1. The molecule has 0 fully saturated rings. The van der Waals surface area contributed by atoms with E-state index in [9.17, 15) is 9.59 Å². The summed E-state index contributed by atoms with van der Waals surface area (Å²) in [6.07, 6.45) is 1.14. The maximum absolute atomic E-state index is 13.8. The van der Waals surface area contributed by atoms with E-state index in [0.29, 0.717) is 63.1 Å². The lowest BCUT2D eigenvalue weighted by atomic mass is 9.96. The van der Waals surface area contributed by atoms with Gasteiger partial charge in [-0.1, -0.05) is 29.8 Å². The highest BCUT2D eigenvalue weighted by molar-refractivity contribution is 9.09. The third kappa shape index (κ3) is 3.71. The standard InChI is InChI=1S/C23H25BrN2O5S/c1-11(2)10-26-21(12-8-15(29-3)19(31-5)16(9-12)30-4)25-22-18(23(26)28)17-13(24)6-7-14(27)20(17)32-22/h8-9,11,13H,6-7,10H2,1-5H3. The van der Waals surface area contributed by atoms with Gasteiger partial charge < -0.3 is 14.2 Å². The number of carbonyl (C=O) groups is 1. The quantitative estimate of drug-likeness (QED) is 0.414. The van der Waals surface area contributed by atoms with E-state index in [1.165, 1.54) is 11.3 Å². The van der Waals surface area contributed by atoms with E-state index >= 15 is 0 Å². The first kappa shape index (κ1) is 22.8. The highest BCUT2D eigenvalue weighted by atomic mass is 79.9. The molecule has 7 nitrogen and oxygen atoms in total. The SMILES string of the molecule is COc1cc(-c2nc3sc4c(c3c(=O)n2CC(C)C)C(Br)CCC4=O)cc(OC)c1OC. The van der Waals surface area contributed by atoms with E-state index in [0.717, 1.165) is 5.56 Å². The predicted molar refractivity (Wildman–Crippen MR) is 129 cm³/mol. The number of methoxy groups -OCH3 is 3. The molecule has 0 spiro atoms. The summed E-state index contributed by atoms with van der Waals surface area (Å²) in [6.45, 7) is 4.59. The topological polar surface area (TPSA) is 79.7 Å². The van der Waals surface area contributed by atoms with Gasteiger partial charge in [-0.25, -0.2) is 4.98 Å². The number of ether oxygens (including phenoxy) is 3. The number of carbonyl (C=O) groups excluding carboxylic acids is 1. The van der Waals surface area contributed by atoms with Crippen LogP contribution in [0.2, 0.25) is 0 Å². The Morgan fingerprint density at radius 1 is 1.16 bits per heavy atom. The van der Waals surface area contributed by atoms with E-state index < -0.39 is 0 Å². The normalized spacial score (nSPS) is 15.8. The van der Waals surface area contributed by atoms with Crippen molar-refractivity contribution in [1.29, 1.82) is 0 Å². The maximum atomic E-state index is 13.8. The summed E-state index contributed by atoms with van der Waals surface area (Å²) in [5, 5.41) is 0.539. The molecule has 4 rings (SSSR count). The number of ketones is 1. The summed E-state index contributed by atoms with van der Waals surface area (Å²) < 4.78 is 18.1. The van der Waals surface area contributed by atoms with Crippen LogP contribution >= 0.6 is 27.3 Å². The van der Waals surface area contributed by atoms with Crippen LogP contribution in [0.3, 0.4) is 0 Å².